The number of ether oxygens (including phenoxy) is 1. The molecule has 7 heteroatoms. The minimum Gasteiger partial charge on any atom is -0.409 e. The summed E-state index contributed by atoms with van der Waals surface area (Å²) in [5, 5.41) is 11.8. The van der Waals surface area contributed by atoms with Crippen LogP contribution in [0, 0.1) is 0 Å². The summed E-state index contributed by atoms with van der Waals surface area (Å²) in [5.41, 5.74) is 5.83. The monoisotopic (exact) mass is 265 g/mol. The van der Waals surface area contributed by atoms with Crippen LogP contribution in [-0.2, 0) is 4.74 Å². The molecule has 0 saturated carbocycles. The summed E-state index contributed by atoms with van der Waals surface area (Å²) in [5.74, 6) is 0.591. The summed E-state index contributed by atoms with van der Waals surface area (Å²) in [6.07, 6.45) is 5.12. The molecule has 1 aromatic heterocycles. The van der Waals surface area contributed by atoms with Gasteiger partial charge in [0, 0.05) is 32.6 Å². The Bertz CT molecular complexity index is 479. The molecular weight excluding hydrogens is 246 g/mol. The minimum absolute atomic E-state index is 0.0345. The molecule has 1 unspecified atom stereocenters. The van der Waals surface area contributed by atoms with E-state index in [9.17, 15) is 0 Å². The summed E-state index contributed by atoms with van der Waals surface area (Å²) in [6.45, 7) is 3.62. The Hall–Kier alpha value is -1.89. The van der Waals surface area contributed by atoms with Gasteiger partial charge in [0.15, 0.2) is 17.3 Å². The molecule has 1 aliphatic rings. The molecule has 1 atom stereocenters. The van der Waals surface area contributed by atoms with Crippen molar-refractivity contribution in [1.29, 1.82) is 0 Å². The van der Waals surface area contributed by atoms with Crippen molar-refractivity contribution in [2.75, 3.05) is 25.1 Å². The van der Waals surface area contributed by atoms with Crippen molar-refractivity contribution in [3.8, 4) is 0 Å². The van der Waals surface area contributed by atoms with Gasteiger partial charge in [0.25, 0.3) is 0 Å². The van der Waals surface area contributed by atoms with E-state index in [0.717, 1.165) is 19.4 Å². The van der Waals surface area contributed by atoms with Crippen LogP contribution in [-0.4, -0.2) is 46.8 Å². The van der Waals surface area contributed by atoms with Gasteiger partial charge >= 0.3 is 0 Å². The largest absolute Gasteiger partial charge is 0.409 e. The highest BCUT2D eigenvalue weighted by atomic mass is 16.5. The van der Waals surface area contributed by atoms with Crippen molar-refractivity contribution in [2.45, 2.75) is 25.4 Å². The van der Waals surface area contributed by atoms with E-state index in [2.05, 4.69) is 26.9 Å². The first-order valence-corrected chi connectivity index (χ1v) is 6.18. The van der Waals surface area contributed by atoms with E-state index in [0.29, 0.717) is 18.1 Å². The van der Waals surface area contributed by atoms with Gasteiger partial charge in [0.2, 0.25) is 0 Å². The van der Waals surface area contributed by atoms with Gasteiger partial charge in [-0.25, -0.2) is 9.97 Å². The maximum atomic E-state index is 8.81. The molecule has 7 nitrogen and oxygen atoms in total. The van der Waals surface area contributed by atoms with Crippen LogP contribution < -0.4 is 10.6 Å². The van der Waals surface area contributed by atoms with Gasteiger partial charge in [-0.3, -0.25) is 0 Å². The quantitative estimate of drug-likeness (QED) is 0.359. The van der Waals surface area contributed by atoms with Crippen molar-refractivity contribution in [3.63, 3.8) is 0 Å². The lowest BCUT2D eigenvalue weighted by Crippen LogP contribution is -2.48. The number of nitrogens with two attached hydrogens (primary N) is 1. The Balaban J connectivity index is 2.32. The molecule has 0 aliphatic carbocycles. The smallest absolute Gasteiger partial charge is 0.192 e. The summed E-state index contributed by atoms with van der Waals surface area (Å²) < 4.78 is 5.56. The highest BCUT2D eigenvalue weighted by Crippen LogP contribution is 2.27. The Morgan fingerprint density at radius 3 is 2.95 bits per heavy atom. The average Bonchev–Trinajstić information content (AvgIpc) is 2.46. The van der Waals surface area contributed by atoms with Gasteiger partial charge in [0.05, 0.1) is 5.60 Å². The fourth-order valence-electron chi connectivity index (χ4n) is 2.34. The molecule has 0 bridgehead atoms. The second-order valence-corrected chi connectivity index (χ2v) is 4.89. The molecule has 1 saturated heterocycles. The number of anilines is 1. The highest BCUT2D eigenvalue weighted by Gasteiger charge is 2.32. The van der Waals surface area contributed by atoms with Gasteiger partial charge < -0.3 is 20.6 Å². The molecule has 0 amide bonds. The van der Waals surface area contributed by atoms with E-state index in [1.165, 1.54) is 6.20 Å². The van der Waals surface area contributed by atoms with Crippen molar-refractivity contribution in [2.24, 2.45) is 10.9 Å². The van der Waals surface area contributed by atoms with Gasteiger partial charge in [-0.05, 0) is 19.8 Å². The number of piperidine rings is 1. The van der Waals surface area contributed by atoms with Gasteiger partial charge in [-0.2, -0.15) is 0 Å². The maximum absolute atomic E-state index is 8.81. The third-order valence-corrected chi connectivity index (χ3v) is 3.48. The Morgan fingerprint density at radius 2 is 2.26 bits per heavy atom. The molecule has 0 radical (unpaired) electrons. The topological polar surface area (TPSA) is 96.9 Å². The fraction of sp³-hybridized carbons (Fsp3) is 0.583. The molecule has 104 valence electrons. The zero-order chi connectivity index (χ0) is 13.9. The first-order chi connectivity index (χ1) is 9.09. The molecule has 2 heterocycles. The van der Waals surface area contributed by atoms with Gasteiger partial charge in [-0.1, -0.05) is 5.16 Å². The molecule has 3 N–H and O–H groups in total. The maximum Gasteiger partial charge on any atom is 0.192 e. The number of hydrogen-bond acceptors (Lipinski definition) is 6. The molecule has 2 rings (SSSR count). The van der Waals surface area contributed by atoms with Crippen LogP contribution in [0.1, 0.15) is 25.5 Å². The van der Waals surface area contributed by atoms with Crippen LogP contribution >= 0.6 is 0 Å². The minimum atomic E-state index is -0.210. The summed E-state index contributed by atoms with van der Waals surface area (Å²) >= 11 is 0. The van der Waals surface area contributed by atoms with Crippen molar-refractivity contribution in [3.05, 3.63) is 18.1 Å². The molecule has 0 aromatic carbocycles. The molecular formula is C12H19N5O2. The van der Waals surface area contributed by atoms with E-state index >= 15 is 0 Å². The van der Waals surface area contributed by atoms with E-state index in [-0.39, 0.29) is 11.4 Å². The number of hydrogen-bond donors (Lipinski definition) is 2. The average molecular weight is 265 g/mol. The Kier molecular flexibility index (Phi) is 3.84. The normalized spacial score (nSPS) is 24.5. The van der Waals surface area contributed by atoms with Crippen LogP contribution in [0.4, 0.5) is 5.82 Å². The second-order valence-electron chi connectivity index (χ2n) is 4.89. The number of aromatic nitrogens is 2. The number of oxime groups is 1. The lowest BCUT2D eigenvalue weighted by atomic mass is 9.94. The van der Waals surface area contributed by atoms with Crippen LogP contribution in [0.2, 0.25) is 0 Å². The standard InChI is InChI=1S/C12H19N5O2/c1-12(19-2)4-3-7-17(8-12)11-9(10(13)16-18)14-5-6-15-11/h5-6,18H,3-4,7-8H2,1-2H3,(H2,13,16). The lowest BCUT2D eigenvalue weighted by Gasteiger charge is -2.40. The van der Waals surface area contributed by atoms with Crippen LogP contribution in [0.25, 0.3) is 0 Å². The van der Waals surface area contributed by atoms with E-state index in [4.69, 9.17) is 15.7 Å². The zero-order valence-electron chi connectivity index (χ0n) is 11.2. The number of rotatable bonds is 3. The zero-order valence-corrected chi connectivity index (χ0v) is 11.2. The Morgan fingerprint density at radius 1 is 1.53 bits per heavy atom. The van der Waals surface area contributed by atoms with Crippen LogP contribution in [0.15, 0.2) is 17.5 Å². The van der Waals surface area contributed by atoms with E-state index in [1.54, 1.807) is 13.3 Å². The molecule has 0 spiro atoms. The summed E-state index contributed by atoms with van der Waals surface area (Å²) in [6, 6.07) is 0. The molecule has 1 aliphatic heterocycles. The van der Waals surface area contributed by atoms with Crippen LogP contribution in [0.5, 0.6) is 0 Å². The van der Waals surface area contributed by atoms with Crippen molar-refractivity contribution >= 4 is 11.7 Å². The highest BCUT2D eigenvalue weighted by molar-refractivity contribution is 5.99. The van der Waals surface area contributed by atoms with E-state index < -0.39 is 0 Å². The molecule has 1 fully saturated rings. The SMILES string of the molecule is COC1(C)CCCN(c2nccnc2C(N)=NO)C1. The third kappa shape index (κ3) is 2.76. The van der Waals surface area contributed by atoms with Gasteiger partial charge in [0.1, 0.15) is 0 Å². The second kappa shape index (κ2) is 5.40. The fourth-order valence-corrected chi connectivity index (χ4v) is 2.34. The molecule has 1 aromatic rings. The predicted molar refractivity (Wildman–Crippen MR) is 71.4 cm³/mol. The first kappa shape index (κ1) is 13.5. The predicted octanol–water partition coefficient (Wildman–Crippen LogP) is 0.576. The van der Waals surface area contributed by atoms with Crippen LogP contribution in [0.3, 0.4) is 0 Å². The van der Waals surface area contributed by atoms with E-state index in [1.807, 2.05) is 0 Å². The van der Waals surface area contributed by atoms with Crippen molar-refractivity contribution < 1.29 is 9.94 Å². The summed E-state index contributed by atoms with van der Waals surface area (Å²) in [4.78, 5) is 10.5. The first-order valence-electron chi connectivity index (χ1n) is 6.18. The summed E-state index contributed by atoms with van der Waals surface area (Å²) in [7, 11) is 1.71. The number of nitrogens with zero attached hydrogens (tertiary/aromatic N) is 4. The van der Waals surface area contributed by atoms with Crippen molar-refractivity contribution in [1.82, 2.24) is 9.97 Å². The van der Waals surface area contributed by atoms with Gasteiger partial charge in [-0.15, -0.1) is 0 Å². The molecule has 19 heavy (non-hydrogen) atoms. The number of methoxy groups -OCH3 is 1. The lowest BCUT2D eigenvalue weighted by molar-refractivity contribution is -0.00483. The number of amidine groups is 1. The third-order valence-electron chi connectivity index (χ3n) is 3.48. The Labute approximate surface area is 112 Å².